The first kappa shape index (κ1) is 15.0. The molecular formula is C19H22FNO. The standard InChI is InChI=1S/C19H22FNO/c1-22-19(15-16-7-5-6-10-18(16)20)11-13-21(14-12-19)17-8-3-2-4-9-17/h2-10H,11-15H2,1H3. The van der Waals surface area contributed by atoms with Crippen LogP contribution in [0.25, 0.3) is 0 Å². The molecule has 0 radical (unpaired) electrons. The number of hydrogen-bond donors (Lipinski definition) is 0. The Morgan fingerprint density at radius 2 is 1.64 bits per heavy atom. The van der Waals surface area contributed by atoms with Crippen LogP contribution in [0.2, 0.25) is 0 Å². The lowest BCUT2D eigenvalue weighted by Crippen LogP contribution is -2.47. The van der Waals surface area contributed by atoms with Crippen molar-refractivity contribution in [3.05, 3.63) is 66.0 Å². The second kappa shape index (κ2) is 6.49. The van der Waals surface area contributed by atoms with Crippen molar-refractivity contribution in [1.29, 1.82) is 0 Å². The molecule has 1 heterocycles. The van der Waals surface area contributed by atoms with Gasteiger partial charge in [0.2, 0.25) is 0 Å². The minimum atomic E-state index is -0.256. The van der Waals surface area contributed by atoms with Gasteiger partial charge in [0, 0.05) is 32.3 Å². The first-order chi connectivity index (χ1) is 10.7. The van der Waals surface area contributed by atoms with Crippen molar-refractivity contribution in [1.82, 2.24) is 0 Å². The van der Waals surface area contributed by atoms with E-state index < -0.39 is 0 Å². The highest BCUT2D eigenvalue weighted by molar-refractivity contribution is 5.46. The molecule has 22 heavy (non-hydrogen) atoms. The third-order valence-corrected chi connectivity index (χ3v) is 4.70. The summed E-state index contributed by atoms with van der Waals surface area (Å²) in [7, 11) is 1.75. The highest BCUT2D eigenvalue weighted by Gasteiger charge is 2.35. The Bertz CT molecular complexity index is 606. The van der Waals surface area contributed by atoms with E-state index in [4.69, 9.17) is 4.74 Å². The van der Waals surface area contributed by atoms with Crippen LogP contribution in [-0.2, 0) is 11.2 Å². The Hall–Kier alpha value is -1.87. The van der Waals surface area contributed by atoms with E-state index in [1.54, 1.807) is 13.2 Å². The normalized spacial score (nSPS) is 17.5. The summed E-state index contributed by atoms with van der Waals surface area (Å²) in [5.74, 6) is -0.135. The van der Waals surface area contributed by atoms with Gasteiger partial charge in [0.15, 0.2) is 0 Å². The third kappa shape index (κ3) is 3.14. The summed E-state index contributed by atoms with van der Waals surface area (Å²) in [5.41, 5.74) is 1.74. The smallest absolute Gasteiger partial charge is 0.126 e. The van der Waals surface area contributed by atoms with Crippen LogP contribution in [0.5, 0.6) is 0 Å². The van der Waals surface area contributed by atoms with Crippen molar-refractivity contribution in [2.45, 2.75) is 24.9 Å². The molecule has 1 aliphatic heterocycles. The lowest BCUT2D eigenvalue weighted by molar-refractivity contribution is -0.0295. The van der Waals surface area contributed by atoms with Crippen molar-refractivity contribution in [3.63, 3.8) is 0 Å². The summed E-state index contributed by atoms with van der Waals surface area (Å²) < 4.78 is 19.8. The number of ether oxygens (including phenoxy) is 1. The van der Waals surface area contributed by atoms with Crippen LogP contribution < -0.4 is 4.90 Å². The molecule has 2 aromatic carbocycles. The molecule has 0 spiro atoms. The Morgan fingerprint density at radius 1 is 1.00 bits per heavy atom. The van der Waals surface area contributed by atoms with Gasteiger partial charge in [-0.05, 0) is 36.6 Å². The zero-order valence-electron chi connectivity index (χ0n) is 13.0. The number of para-hydroxylation sites is 1. The summed E-state index contributed by atoms with van der Waals surface area (Å²) >= 11 is 0. The van der Waals surface area contributed by atoms with Crippen LogP contribution >= 0.6 is 0 Å². The molecule has 3 heteroatoms. The number of hydrogen-bond acceptors (Lipinski definition) is 2. The number of anilines is 1. The van der Waals surface area contributed by atoms with Gasteiger partial charge in [-0.25, -0.2) is 4.39 Å². The number of piperidine rings is 1. The van der Waals surface area contributed by atoms with Crippen LogP contribution in [0.1, 0.15) is 18.4 Å². The van der Waals surface area contributed by atoms with Crippen LogP contribution in [0, 0.1) is 5.82 Å². The first-order valence-corrected chi connectivity index (χ1v) is 7.81. The molecule has 0 atom stereocenters. The molecule has 1 fully saturated rings. The predicted molar refractivity (Wildman–Crippen MR) is 87.7 cm³/mol. The van der Waals surface area contributed by atoms with E-state index in [2.05, 4.69) is 29.2 Å². The summed E-state index contributed by atoms with van der Waals surface area (Å²) in [6.45, 7) is 1.87. The van der Waals surface area contributed by atoms with Crippen molar-refractivity contribution in [3.8, 4) is 0 Å². The van der Waals surface area contributed by atoms with Crippen LogP contribution in [-0.4, -0.2) is 25.8 Å². The Morgan fingerprint density at radius 3 is 2.27 bits per heavy atom. The highest BCUT2D eigenvalue weighted by Crippen LogP contribution is 2.32. The Kier molecular flexibility index (Phi) is 4.44. The number of halogens is 1. The molecule has 2 nitrogen and oxygen atoms in total. The first-order valence-electron chi connectivity index (χ1n) is 7.81. The lowest BCUT2D eigenvalue weighted by Gasteiger charge is -2.42. The van der Waals surface area contributed by atoms with Gasteiger partial charge in [0.1, 0.15) is 5.82 Å². The van der Waals surface area contributed by atoms with Crippen LogP contribution in [0.4, 0.5) is 10.1 Å². The third-order valence-electron chi connectivity index (χ3n) is 4.70. The zero-order chi connectivity index (χ0) is 15.4. The minimum absolute atomic E-state index is 0.135. The molecule has 0 N–H and O–H groups in total. The van der Waals surface area contributed by atoms with E-state index in [9.17, 15) is 4.39 Å². The summed E-state index contributed by atoms with van der Waals surface area (Å²) in [6.07, 6.45) is 2.46. The second-order valence-electron chi connectivity index (χ2n) is 5.98. The Balaban J connectivity index is 1.70. The molecule has 0 aromatic heterocycles. The Labute approximate surface area is 131 Å². The van der Waals surface area contributed by atoms with Crippen molar-refractivity contribution >= 4 is 5.69 Å². The number of rotatable bonds is 4. The highest BCUT2D eigenvalue weighted by atomic mass is 19.1. The molecule has 1 saturated heterocycles. The fourth-order valence-electron chi connectivity index (χ4n) is 3.25. The fourth-order valence-corrected chi connectivity index (χ4v) is 3.25. The van der Waals surface area contributed by atoms with Gasteiger partial charge in [-0.2, -0.15) is 0 Å². The van der Waals surface area contributed by atoms with Gasteiger partial charge < -0.3 is 9.64 Å². The molecule has 1 aliphatic rings. The maximum absolute atomic E-state index is 13.9. The lowest BCUT2D eigenvalue weighted by atomic mass is 9.84. The van der Waals surface area contributed by atoms with Gasteiger partial charge >= 0.3 is 0 Å². The van der Waals surface area contributed by atoms with Gasteiger partial charge in [-0.3, -0.25) is 0 Å². The largest absolute Gasteiger partial charge is 0.378 e. The maximum Gasteiger partial charge on any atom is 0.126 e. The summed E-state index contributed by atoms with van der Waals surface area (Å²) in [4.78, 5) is 2.37. The van der Waals surface area contributed by atoms with Crippen molar-refractivity contribution in [2.75, 3.05) is 25.1 Å². The monoisotopic (exact) mass is 299 g/mol. The van der Waals surface area contributed by atoms with Crippen molar-refractivity contribution in [2.24, 2.45) is 0 Å². The quantitative estimate of drug-likeness (QED) is 0.844. The van der Waals surface area contributed by atoms with E-state index >= 15 is 0 Å². The van der Waals surface area contributed by atoms with E-state index in [1.165, 1.54) is 11.8 Å². The van der Waals surface area contributed by atoms with Gasteiger partial charge in [-0.1, -0.05) is 36.4 Å². The average Bonchev–Trinajstić information content (AvgIpc) is 2.58. The maximum atomic E-state index is 13.9. The van der Waals surface area contributed by atoms with E-state index in [0.717, 1.165) is 31.5 Å². The van der Waals surface area contributed by atoms with E-state index in [1.807, 2.05) is 18.2 Å². The van der Waals surface area contributed by atoms with Gasteiger partial charge in [0.25, 0.3) is 0 Å². The zero-order valence-corrected chi connectivity index (χ0v) is 13.0. The number of methoxy groups -OCH3 is 1. The van der Waals surface area contributed by atoms with Gasteiger partial charge in [-0.15, -0.1) is 0 Å². The summed E-state index contributed by atoms with van der Waals surface area (Å²) in [6, 6.07) is 17.4. The van der Waals surface area contributed by atoms with Crippen LogP contribution in [0.15, 0.2) is 54.6 Å². The second-order valence-corrected chi connectivity index (χ2v) is 5.98. The molecular weight excluding hydrogens is 277 g/mol. The topological polar surface area (TPSA) is 12.5 Å². The SMILES string of the molecule is COC1(Cc2ccccc2F)CCN(c2ccccc2)CC1. The molecule has 0 unspecified atom stereocenters. The molecule has 3 rings (SSSR count). The van der Waals surface area contributed by atoms with Gasteiger partial charge in [0.05, 0.1) is 5.60 Å². The number of nitrogens with zero attached hydrogens (tertiary/aromatic N) is 1. The van der Waals surface area contributed by atoms with E-state index in [-0.39, 0.29) is 11.4 Å². The molecule has 0 aliphatic carbocycles. The predicted octanol–water partition coefficient (Wildman–Crippen LogP) is 4.05. The average molecular weight is 299 g/mol. The molecule has 116 valence electrons. The summed E-state index contributed by atoms with van der Waals surface area (Å²) in [5, 5.41) is 0. The number of benzene rings is 2. The molecule has 2 aromatic rings. The minimum Gasteiger partial charge on any atom is -0.378 e. The molecule has 0 bridgehead atoms. The van der Waals surface area contributed by atoms with Crippen molar-refractivity contribution < 1.29 is 9.13 Å². The molecule has 0 saturated carbocycles. The van der Waals surface area contributed by atoms with Crippen LogP contribution in [0.3, 0.4) is 0 Å². The van der Waals surface area contributed by atoms with E-state index in [0.29, 0.717) is 6.42 Å². The molecule has 0 amide bonds. The fraction of sp³-hybridized carbons (Fsp3) is 0.368.